The maximum absolute atomic E-state index is 5.32. The number of methoxy groups -OCH3 is 1. The number of benzene rings is 1. The third-order valence-electron chi connectivity index (χ3n) is 6.63. The van der Waals surface area contributed by atoms with Crippen molar-refractivity contribution in [1.29, 1.82) is 0 Å². The number of rotatable bonds is 3. The Morgan fingerprint density at radius 2 is 1.52 bits per heavy atom. The molecule has 4 bridgehead atoms. The molecule has 4 fully saturated rings. The molecule has 1 heterocycles. The Morgan fingerprint density at radius 3 is 2.09 bits per heavy atom. The Balaban J connectivity index is 1.56. The minimum absolute atomic E-state index is 0.490. The van der Waals surface area contributed by atoms with Crippen molar-refractivity contribution in [2.75, 3.05) is 7.11 Å². The van der Waals surface area contributed by atoms with Gasteiger partial charge in [0.05, 0.1) is 7.11 Å². The zero-order valence-electron chi connectivity index (χ0n) is 13.8. The van der Waals surface area contributed by atoms with Crippen LogP contribution < -0.4 is 4.74 Å². The lowest BCUT2D eigenvalue weighted by atomic mass is 9.48. The van der Waals surface area contributed by atoms with Crippen LogP contribution in [-0.2, 0) is 5.41 Å². The molecular formula is C21H24OS. The zero-order chi connectivity index (χ0) is 15.4. The van der Waals surface area contributed by atoms with E-state index in [-0.39, 0.29) is 0 Å². The van der Waals surface area contributed by atoms with Crippen LogP contribution in [0.1, 0.15) is 44.1 Å². The highest BCUT2D eigenvalue weighted by Gasteiger charge is 2.52. The largest absolute Gasteiger partial charge is 0.497 e. The second-order valence-corrected chi connectivity index (χ2v) is 9.01. The van der Waals surface area contributed by atoms with Gasteiger partial charge in [0.25, 0.3) is 0 Å². The van der Waals surface area contributed by atoms with Crippen LogP contribution in [0.15, 0.2) is 35.7 Å². The molecule has 1 aromatic heterocycles. The van der Waals surface area contributed by atoms with Gasteiger partial charge >= 0.3 is 0 Å². The quantitative estimate of drug-likeness (QED) is 0.684. The number of ether oxygens (including phenoxy) is 1. The van der Waals surface area contributed by atoms with Crippen molar-refractivity contribution in [2.45, 2.75) is 43.9 Å². The molecule has 4 saturated carbocycles. The molecule has 4 aliphatic carbocycles. The molecule has 4 aliphatic rings. The first kappa shape index (κ1) is 14.1. The third-order valence-corrected chi connectivity index (χ3v) is 7.59. The first-order valence-corrected chi connectivity index (χ1v) is 9.86. The Morgan fingerprint density at radius 1 is 0.913 bits per heavy atom. The summed E-state index contributed by atoms with van der Waals surface area (Å²) < 4.78 is 5.32. The summed E-state index contributed by atoms with van der Waals surface area (Å²) in [5, 5.41) is 2.31. The summed E-state index contributed by atoms with van der Waals surface area (Å²) in [7, 11) is 1.74. The Bertz CT molecular complexity index is 676. The molecule has 2 aromatic rings. The number of thiophene rings is 1. The second kappa shape index (κ2) is 5.11. The molecule has 0 radical (unpaired) electrons. The maximum Gasteiger partial charge on any atom is 0.118 e. The van der Waals surface area contributed by atoms with Crippen LogP contribution in [-0.4, -0.2) is 7.11 Å². The normalized spacial score (nSPS) is 34.7. The maximum atomic E-state index is 5.32. The van der Waals surface area contributed by atoms with E-state index >= 15 is 0 Å². The van der Waals surface area contributed by atoms with Crippen molar-refractivity contribution in [3.8, 4) is 16.2 Å². The van der Waals surface area contributed by atoms with E-state index in [9.17, 15) is 0 Å². The van der Waals surface area contributed by atoms with Gasteiger partial charge in [-0.1, -0.05) is 0 Å². The van der Waals surface area contributed by atoms with E-state index < -0.39 is 0 Å². The second-order valence-electron chi connectivity index (χ2n) is 8.09. The zero-order valence-corrected chi connectivity index (χ0v) is 14.6. The molecule has 120 valence electrons. The molecule has 0 atom stereocenters. The first-order chi connectivity index (χ1) is 11.3. The minimum Gasteiger partial charge on any atom is -0.497 e. The predicted molar refractivity (Wildman–Crippen MR) is 96.2 cm³/mol. The van der Waals surface area contributed by atoms with Crippen LogP contribution in [0.25, 0.3) is 10.4 Å². The lowest BCUT2D eigenvalue weighted by Gasteiger charge is -2.57. The fourth-order valence-corrected chi connectivity index (χ4v) is 7.16. The summed E-state index contributed by atoms with van der Waals surface area (Å²) in [6.45, 7) is 0. The van der Waals surface area contributed by atoms with Crippen LogP contribution in [0.3, 0.4) is 0 Å². The van der Waals surface area contributed by atoms with Gasteiger partial charge in [-0.05, 0) is 109 Å². The molecule has 23 heavy (non-hydrogen) atoms. The van der Waals surface area contributed by atoms with Gasteiger partial charge in [0.1, 0.15) is 5.75 Å². The highest BCUT2D eigenvalue weighted by Crippen LogP contribution is 2.62. The van der Waals surface area contributed by atoms with E-state index in [1.165, 1.54) is 49.0 Å². The SMILES string of the molecule is COc1ccc(-c2sccc2C23CC4CC(CC(C4)C2)C3)cc1. The fraction of sp³-hybridized carbons (Fsp3) is 0.524. The van der Waals surface area contributed by atoms with E-state index in [1.807, 2.05) is 11.3 Å². The topological polar surface area (TPSA) is 9.23 Å². The molecule has 0 N–H and O–H groups in total. The van der Waals surface area contributed by atoms with E-state index in [1.54, 1.807) is 12.7 Å². The van der Waals surface area contributed by atoms with Crippen LogP contribution in [0.4, 0.5) is 0 Å². The fourth-order valence-electron chi connectivity index (χ4n) is 6.13. The number of hydrogen-bond donors (Lipinski definition) is 0. The molecule has 0 aliphatic heterocycles. The lowest BCUT2D eigenvalue weighted by molar-refractivity contribution is -0.00475. The molecule has 0 unspecified atom stereocenters. The molecule has 2 heteroatoms. The Kier molecular flexibility index (Phi) is 3.13. The standard InChI is InChI=1S/C21H24OS/c1-22-18-4-2-17(3-5-18)20-19(6-7-23-20)21-11-14-8-15(12-21)10-16(9-14)13-21/h2-7,14-16H,8-13H2,1H3. The lowest BCUT2D eigenvalue weighted by Crippen LogP contribution is -2.48. The first-order valence-electron chi connectivity index (χ1n) is 8.98. The van der Waals surface area contributed by atoms with Gasteiger partial charge in [0.2, 0.25) is 0 Å². The predicted octanol–water partition coefficient (Wildman–Crippen LogP) is 5.89. The van der Waals surface area contributed by atoms with Crippen molar-refractivity contribution in [3.05, 3.63) is 41.3 Å². The molecular weight excluding hydrogens is 300 g/mol. The van der Waals surface area contributed by atoms with E-state index in [2.05, 4.69) is 35.7 Å². The Labute approximate surface area is 142 Å². The van der Waals surface area contributed by atoms with Crippen molar-refractivity contribution in [1.82, 2.24) is 0 Å². The number of hydrogen-bond acceptors (Lipinski definition) is 2. The minimum atomic E-state index is 0.490. The van der Waals surface area contributed by atoms with Crippen LogP contribution in [0, 0.1) is 17.8 Å². The summed E-state index contributed by atoms with van der Waals surface area (Å²) >= 11 is 1.92. The average molecular weight is 324 g/mol. The molecule has 0 spiro atoms. The van der Waals surface area contributed by atoms with E-state index in [0.717, 1.165) is 23.5 Å². The van der Waals surface area contributed by atoms with Crippen molar-refractivity contribution in [3.63, 3.8) is 0 Å². The van der Waals surface area contributed by atoms with Gasteiger partial charge in [0.15, 0.2) is 0 Å². The average Bonchev–Trinajstić information content (AvgIpc) is 3.04. The van der Waals surface area contributed by atoms with Crippen molar-refractivity contribution in [2.24, 2.45) is 17.8 Å². The van der Waals surface area contributed by atoms with E-state index in [0.29, 0.717) is 5.41 Å². The van der Waals surface area contributed by atoms with E-state index in [4.69, 9.17) is 4.74 Å². The summed E-state index contributed by atoms with van der Waals surface area (Å²) in [5.74, 6) is 3.96. The van der Waals surface area contributed by atoms with Gasteiger partial charge in [0, 0.05) is 4.88 Å². The summed E-state index contributed by atoms with van der Waals surface area (Å²) in [6.07, 6.45) is 8.88. The van der Waals surface area contributed by atoms with Crippen LogP contribution >= 0.6 is 11.3 Å². The van der Waals surface area contributed by atoms with Crippen LogP contribution in [0.2, 0.25) is 0 Å². The smallest absolute Gasteiger partial charge is 0.118 e. The van der Waals surface area contributed by atoms with Gasteiger partial charge < -0.3 is 4.74 Å². The summed E-state index contributed by atoms with van der Waals surface area (Å²) in [5.41, 5.74) is 3.52. The Hall–Kier alpha value is -1.28. The van der Waals surface area contributed by atoms with Gasteiger partial charge in [-0.15, -0.1) is 11.3 Å². The summed E-state index contributed by atoms with van der Waals surface area (Å²) in [6, 6.07) is 11.1. The van der Waals surface area contributed by atoms with Gasteiger partial charge in [-0.2, -0.15) is 0 Å². The van der Waals surface area contributed by atoms with Crippen LogP contribution in [0.5, 0.6) is 5.75 Å². The third kappa shape index (κ3) is 2.18. The van der Waals surface area contributed by atoms with Crippen molar-refractivity contribution >= 4 is 11.3 Å². The highest BCUT2D eigenvalue weighted by molar-refractivity contribution is 7.13. The molecule has 0 saturated heterocycles. The summed E-state index contributed by atoms with van der Waals surface area (Å²) in [4.78, 5) is 1.51. The highest BCUT2D eigenvalue weighted by atomic mass is 32.1. The van der Waals surface area contributed by atoms with Gasteiger partial charge in [-0.3, -0.25) is 0 Å². The monoisotopic (exact) mass is 324 g/mol. The molecule has 1 aromatic carbocycles. The van der Waals surface area contributed by atoms with Crippen molar-refractivity contribution < 1.29 is 4.74 Å². The molecule has 1 nitrogen and oxygen atoms in total. The molecule has 6 rings (SSSR count). The molecule has 0 amide bonds. The van der Waals surface area contributed by atoms with Gasteiger partial charge in [-0.25, -0.2) is 0 Å².